The summed E-state index contributed by atoms with van der Waals surface area (Å²) >= 11 is 2.17. The molecule has 1 saturated heterocycles. The summed E-state index contributed by atoms with van der Waals surface area (Å²) in [6.45, 7) is 4.87. The van der Waals surface area contributed by atoms with Gasteiger partial charge in [-0.05, 0) is 25.0 Å². The van der Waals surface area contributed by atoms with Gasteiger partial charge in [-0.25, -0.2) is 0 Å². The number of rotatable bonds is 5. The van der Waals surface area contributed by atoms with Crippen molar-refractivity contribution in [2.45, 2.75) is 43.8 Å². The lowest BCUT2D eigenvalue weighted by molar-refractivity contribution is -0.114. The van der Waals surface area contributed by atoms with Crippen molar-refractivity contribution in [2.24, 2.45) is 4.99 Å². The molecule has 2 aliphatic rings. The molecule has 1 spiro atoms. The number of carbonyl (C=O) groups excluding carboxylic acids is 1. The highest BCUT2D eigenvalue weighted by Crippen LogP contribution is 2.42. The first-order valence-corrected chi connectivity index (χ1v) is 11.2. The molecular weight excluding hydrogens is 499 g/mol. The summed E-state index contributed by atoms with van der Waals surface area (Å²) in [5.74, 6) is 2.81. The summed E-state index contributed by atoms with van der Waals surface area (Å²) in [5.41, 5.74) is 0.748. The smallest absolute Gasteiger partial charge is 0.221 e. The quantitative estimate of drug-likeness (QED) is 0.260. The zero-order valence-electron chi connectivity index (χ0n) is 17.4. The molecule has 1 aromatic rings. The van der Waals surface area contributed by atoms with Gasteiger partial charge in [0.05, 0.1) is 6.54 Å². The van der Waals surface area contributed by atoms with E-state index in [4.69, 9.17) is 4.74 Å². The molecule has 6 nitrogen and oxygen atoms in total. The molecule has 162 valence electrons. The number of carbonyl (C=O) groups is 1. The maximum atomic E-state index is 11.2. The van der Waals surface area contributed by atoms with Gasteiger partial charge in [-0.15, -0.1) is 24.0 Å². The van der Waals surface area contributed by atoms with Crippen LogP contribution in [-0.4, -0.2) is 60.6 Å². The van der Waals surface area contributed by atoms with Crippen molar-refractivity contribution < 1.29 is 9.53 Å². The molecule has 1 heterocycles. The van der Waals surface area contributed by atoms with Crippen LogP contribution in [0.3, 0.4) is 0 Å². The van der Waals surface area contributed by atoms with Crippen LogP contribution in [0.25, 0.3) is 0 Å². The Morgan fingerprint density at radius 1 is 1.31 bits per heavy atom. The zero-order chi connectivity index (χ0) is 19.8. The van der Waals surface area contributed by atoms with Crippen molar-refractivity contribution in [3.8, 4) is 5.75 Å². The number of amides is 1. The van der Waals surface area contributed by atoms with Gasteiger partial charge in [-0.3, -0.25) is 9.79 Å². The molecule has 0 bridgehead atoms. The van der Waals surface area contributed by atoms with Gasteiger partial charge < -0.3 is 20.3 Å². The highest BCUT2D eigenvalue weighted by atomic mass is 127. The van der Waals surface area contributed by atoms with Crippen LogP contribution >= 0.6 is 35.7 Å². The van der Waals surface area contributed by atoms with Crippen molar-refractivity contribution in [1.82, 2.24) is 10.2 Å². The number of guanidine groups is 1. The summed E-state index contributed by atoms with van der Waals surface area (Å²) in [5, 5.41) is 6.22. The number of ether oxygens (including phenoxy) is 1. The van der Waals surface area contributed by atoms with Crippen LogP contribution in [0.5, 0.6) is 5.75 Å². The van der Waals surface area contributed by atoms with E-state index in [9.17, 15) is 4.79 Å². The minimum atomic E-state index is -0.0851. The first kappa shape index (κ1) is 24.1. The number of nitrogens with zero attached hydrogens (tertiary/aromatic N) is 2. The fourth-order valence-electron chi connectivity index (χ4n) is 4.06. The first-order valence-electron chi connectivity index (χ1n) is 10.2. The second kappa shape index (κ2) is 11.9. The average molecular weight is 532 g/mol. The molecule has 29 heavy (non-hydrogen) atoms. The molecule has 0 radical (unpaired) electrons. The van der Waals surface area contributed by atoms with Gasteiger partial charge in [0.15, 0.2) is 5.96 Å². The molecule has 1 aliphatic heterocycles. The van der Waals surface area contributed by atoms with Crippen molar-refractivity contribution in [2.75, 3.05) is 44.4 Å². The lowest BCUT2D eigenvalue weighted by Crippen LogP contribution is -2.53. The second-order valence-electron chi connectivity index (χ2n) is 7.55. The van der Waals surface area contributed by atoms with E-state index in [2.05, 4.69) is 32.3 Å². The third-order valence-electron chi connectivity index (χ3n) is 5.33. The Hall–Kier alpha value is -1.16. The fraction of sp³-hybridized carbons (Fsp3) is 0.619. The summed E-state index contributed by atoms with van der Waals surface area (Å²) in [6, 6.07) is 7.46. The van der Waals surface area contributed by atoms with Gasteiger partial charge in [0, 0.05) is 49.3 Å². The molecule has 1 saturated carbocycles. The second-order valence-corrected chi connectivity index (χ2v) is 9.11. The monoisotopic (exact) mass is 532 g/mol. The zero-order valence-corrected chi connectivity index (χ0v) is 20.6. The van der Waals surface area contributed by atoms with Gasteiger partial charge in [-0.1, -0.05) is 25.3 Å². The van der Waals surface area contributed by atoms with Crippen LogP contribution < -0.4 is 15.4 Å². The third-order valence-corrected chi connectivity index (χ3v) is 6.87. The topological polar surface area (TPSA) is 66.0 Å². The van der Waals surface area contributed by atoms with Gasteiger partial charge in [0.25, 0.3) is 0 Å². The third kappa shape index (κ3) is 7.24. The Bertz CT molecular complexity index is 690. The highest BCUT2D eigenvalue weighted by molar-refractivity contribution is 14.0. The van der Waals surface area contributed by atoms with Crippen LogP contribution in [0.1, 0.15) is 39.0 Å². The number of hydrogen-bond donors (Lipinski definition) is 2. The summed E-state index contributed by atoms with van der Waals surface area (Å²) in [7, 11) is 1.86. The van der Waals surface area contributed by atoms with E-state index in [0.29, 0.717) is 17.9 Å². The van der Waals surface area contributed by atoms with Gasteiger partial charge in [-0.2, -0.15) is 11.8 Å². The lowest BCUT2D eigenvalue weighted by Gasteiger charge is -2.45. The predicted octanol–water partition coefficient (Wildman–Crippen LogP) is 3.97. The van der Waals surface area contributed by atoms with Gasteiger partial charge >= 0.3 is 0 Å². The molecule has 1 amide bonds. The Morgan fingerprint density at radius 3 is 2.83 bits per heavy atom. The van der Waals surface area contributed by atoms with Crippen LogP contribution in [-0.2, 0) is 4.79 Å². The number of halogens is 1. The molecule has 8 heteroatoms. The van der Waals surface area contributed by atoms with Crippen molar-refractivity contribution >= 4 is 53.3 Å². The number of benzene rings is 1. The maximum absolute atomic E-state index is 11.2. The van der Waals surface area contributed by atoms with E-state index in [1.54, 1.807) is 0 Å². The fourth-order valence-corrected chi connectivity index (χ4v) is 5.62. The number of aliphatic imine (C=N–C) groups is 1. The summed E-state index contributed by atoms with van der Waals surface area (Å²) in [6.07, 6.45) is 6.77. The molecule has 3 rings (SSSR count). The van der Waals surface area contributed by atoms with Crippen molar-refractivity contribution in [1.29, 1.82) is 0 Å². The molecule has 1 aliphatic carbocycles. The average Bonchev–Trinajstić information content (AvgIpc) is 2.68. The SMILES string of the molecule is CN=C(NCCOc1cccc(NC(C)=O)c1)N1CCSC2(CCCCC2)C1.I. The number of nitrogens with one attached hydrogen (secondary N) is 2. The molecule has 0 atom stereocenters. The standard InChI is InChI=1S/C21H32N4O2S.HI/c1-17(26)24-18-7-6-8-19(15-18)27-13-11-23-20(22-2)25-12-14-28-21(16-25)9-4-3-5-10-21;/h6-8,15H,3-5,9-14,16H2,1-2H3,(H,22,23)(H,24,26);1H. The predicted molar refractivity (Wildman–Crippen MR) is 133 cm³/mol. The van der Waals surface area contributed by atoms with Crippen LogP contribution in [0.15, 0.2) is 29.3 Å². The lowest BCUT2D eigenvalue weighted by atomic mass is 9.87. The molecule has 2 fully saturated rings. The highest BCUT2D eigenvalue weighted by Gasteiger charge is 2.38. The Kier molecular flexibility index (Phi) is 9.88. The Balaban J connectivity index is 0.00000300. The largest absolute Gasteiger partial charge is 0.492 e. The number of hydrogen-bond acceptors (Lipinski definition) is 4. The Labute approximate surface area is 195 Å². The van der Waals surface area contributed by atoms with Crippen molar-refractivity contribution in [3.63, 3.8) is 0 Å². The number of thioether (sulfide) groups is 1. The van der Waals surface area contributed by atoms with E-state index < -0.39 is 0 Å². The molecule has 2 N–H and O–H groups in total. The summed E-state index contributed by atoms with van der Waals surface area (Å²) < 4.78 is 6.25. The van der Waals surface area contributed by atoms with E-state index in [-0.39, 0.29) is 29.9 Å². The van der Waals surface area contributed by atoms with E-state index in [1.165, 1.54) is 44.8 Å². The summed E-state index contributed by atoms with van der Waals surface area (Å²) in [4.78, 5) is 18.1. The van der Waals surface area contributed by atoms with Gasteiger partial charge in [0.2, 0.25) is 5.91 Å². The van der Waals surface area contributed by atoms with E-state index in [0.717, 1.165) is 30.5 Å². The van der Waals surface area contributed by atoms with Crippen LogP contribution in [0, 0.1) is 0 Å². The Morgan fingerprint density at radius 2 is 2.10 bits per heavy atom. The minimum Gasteiger partial charge on any atom is -0.492 e. The van der Waals surface area contributed by atoms with Crippen LogP contribution in [0.4, 0.5) is 5.69 Å². The van der Waals surface area contributed by atoms with E-state index >= 15 is 0 Å². The molecule has 1 aromatic carbocycles. The number of anilines is 1. The first-order chi connectivity index (χ1) is 13.6. The molecule has 0 aromatic heterocycles. The molecular formula is C21H33IN4O2S. The maximum Gasteiger partial charge on any atom is 0.221 e. The normalized spacial score (nSPS) is 18.7. The molecule has 0 unspecified atom stereocenters. The van der Waals surface area contributed by atoms with Gasteiger partial charge in [0.1, 0.15) is 12.4 Å². The van der Waals surface area contributed by atoms with Crippen molar-refractivity contribution in [3.05, 3.63) is 24.3 Å². The minimum absolute atomic E-state index is 0. The van der Waals surface area contributed by atoms with E-state index in [1.807, 2.05) is 31.3 Å². The van der Waals surface area contributed by atoms with Crippen LogP contribution in [0.2, 0.25) is 0 Å².